The van der Waals surface area contributed by atoms with Crippen molar-refractivity contribution in [3.8, 4) is 0 Å². The second-order valence-corrected chi connectivity index (χ2v) is 6.69. The zero-order valence-electron chi connectivity index (χ0n) is 9.88. The van der Waals surface area contributed by atoms with E-state index in [4.69, 9.17) is 11.6 Å². The number of hydrogen-bond donors (Lipinski definition) is 1. The molecule has 0 aromatic heterocycles. The van der Waals surface area contributed by atoms with Crippen molar-refractivity contribution in [2.45, 2.75) is 25.8 Å². The third-order valence-electron chi connectivity index (χ3n) is 2.48. The second-order valence-electron chi connectivity index (χ2n) is 4.39. The van der Waals surface area contributed by atoms with Crippen molar-refractivity contribution in [1.29, 1.82) is 0 Å². The Kier molecular flexibility index (Phi) is 6.10. The first-order chi connectivity index (χ1) is 6.71. The third kappa shape index (κ3) is 6.35. The lowest BCUT2D eigenvalue weighted by Gasteiger charge is -2.32. The van der Waals surface area contributed by atoms with Crippen molar-refractivity contribution >= 4 is 21.6 Å². The van der Waals surface area contributed by atoms with Crippen molar-refractivity contribution in [3.63, 3.8) is 0 Å². The molecule has 15 heavy (non-hydrogen) atoms. The molecule has 4 nitrogen and oxygen atoms in total. The lowest BCUT2D eigenvalue weighted by molar-refractivity contribution is 0.199. The molecule has 0 saturated carbocycles. The molecule has 6 heteroatoms. The summed E-state index contributed by atoms with van der Waals surface area (Å²) in [7, 11) is 0.676. The highest BCUT2D eigenvalue weighted by Gasteiger charge is 2.22. The molecule has 0 aliphatic rings. The molecular weight excluding hydrogens is 236 g/mol. The molecule has 0 spiro atoms. The number of hydrogen-bond acceptors (Lipinski definition) is 3. The Morgan fingerprint density at radius 3 is 2.27 bits per heavy atom. The zero-order valence-corrected chi connectivity index (χ0v) is 11.5. The Bertz CT molecular complexity index is 276. The van der Waals surface area contributed by atoms with Gasteiger partial charge in [0.25, 0.3) is 0 Å². The number of nitrogens with one attached hydrogen (secondary N) is 1. The second kappa shape index (κ2) is 6.03. The summed E-state index contributed by atoms with van der Waals surface area (Å²) in [6, 6.07) is 0. The normalized spacial score (nSPS) is 13.5. The van der Waals surface area contributed by atoms with Crippen molar-refractivity contribution in [2.75, 3.05) is 32.3 Å². The highest BCUT2D eigenvalue weighted by molar-refractivity contribution is 7.89. The van der Waals surface area contributed by atoms with Crippen molar-refractivity contribution in [2.24, 2.45) is 0 Å². The molecule has 0 fully saturated rings. The molecule has 0 aliphatic carbocycles. The van der Waals surface area contributed by atoms with Gasteiger partial charge >= 0.3 is 0 Å². The van der Waals surface area contributed by atoms with Gasteiger partial charge in [0.2, 0.25) is 10.0 Å². The monoisotopic (exact) mass is 256 g/mol. The van der Waals surface area contributed by atoms with Crippen molar-refractivity contribution in [1.82, 2.24) is 9.62 Å². The largest absolute Gasteiger partial charge is 0.303 e. The first kappa shape index (κ1) is 15.2. The van der Waals surface area contributed by atoms with Gasteiger partial charge in [0.05, 0.1) is 5.75 Å². The van der Waals surface area contributed by atoms with Crippen LogP contribution in [0.2, 0.25) is 0 Å². The van der Waals surface area contributed by atoms with Gasteiger partial charge in [-0.15, -0.1) is 11.6 Å². The number of likely N-dealkylation sites (N-methyl/N-ethyl adjacent to an activating group) is 1. The van der Waals surface area contributed by atoms with Crippen LogP contribution in [0.4, 0.5) is 0 Å². The SMILES string of the molecule is CN(C)C(C)(C)CNS(=O)(=O)CCCCl. The van der Waals surface area contributed by atoms with Gasteiger partial charge in [-0.05, 0) is 34.4 Å². The topological polar surface area (TPSA) is 49.4 Å². The van der Waals surface area contributed by atoms with Gasteiger partial charge in [-0.1, -0.05) is 0 Å². The van der Waals surface area contributed by atoms with Crippen molar-refractivity contribution < 1.29 is 8.42 Å². The molecule has 0 saturated heterocycles. The van der Waals surface area contributed by atoms with Gasteiger partial charge < -0.3 is 4.90 Å². The smallest absolute Gasteiger partial charge is 0.211 e. The minimum Gasteiger partial charge on any atom is -0.303 e. The highest BCUT2D eigenvalue weighted by Crippen LogP contribution is 2.08. The summed E-state index contributed by atoms with van der Waals surface area (Å²) in [6.07, 6.45) is 0.485. The maximum atomic E-state index is 11.5. The average molecular weight is 257 g/mol. The standard InChI is InChI=1S/C9H21ClN2O2S/c1-9(2,12(3)4)8-11-15(13,14)7-5-6-10/h11H,5-8H2,1-4H3. The summed E-state index contributed by atoms with van der Waals surface area (Å²) in [6.45, 7) is 4.37. The average Bonchev–Trinajstić information content (AvgIpc) is 2.12. The van der Waals surface area contributed by atoms with E-state index in [2.05, 4.69) is 4.72 Å². The lowest BCUT2D eigenvalue weighted by Crippen LogP contribution is -2.48. The molecule has 92 valence electrons. The van der Waals surface area contributed by atoms with E-state index in [1.54, 1.807) is 0 Å². The van der Waals surface area contributed by atoms with Crippen LogP contribution >= 0.6 is 11.6 Å². The number of alkyl halides is 1. The van der Waals surface area contributed by atoms with Gasteiger partial charge in [0.1, 0.15) is 0 Å². The van der Waals surface area contributed by atoms with Gasteiger partial charge in [-0.3, -0.25) is 0 Å². The van der Waals surface area contributed by atoms with Crippen LogP contribution in [0.15, 0.2) is 0 Å². The van der Waals surface area contributed by atoms with Crippen molar-refractivity contribution in [3.05, 3.63) is 0 Å². The van der Waals surface area contributed by atoms with Gasteiger partial charge in [-0.25, -0.2) is 13.1 Å². The Balaban J connectivity index is 4.15. The van der Waals surface area contributed by atoms with E-state index >= 15 is 0 Å². The maximum absolute atomic E-state index is 11.5. The fourth-order valence-electron chi connectivity index (χ4n) is 0.761. The van der Waals surface area contributed by atoms with Crippen LogP contribution in [0.1, 0.15) is 20.3 Å². The highest BCUT2D eigenvalue weighted by atomic mass is 35.5. The summed E-state index contributed by atoms with van der Waals surface area (Å²) in [5, 5.41) is 0. The molecule has 0 rings (SSSR count). The quantitative estimate of drug-likeness (QED) is 0.688. The first-order valence-electron chi connectivity index (χ1n) is 4.92. The third-order valence-corrected chi connectivity index (χ3v) is 4.16. The van der Waals surface area contributed by atoms with Gasteiger partial charge in [0.15, 0.2) is 0 Å². The minimum absolute atomic E-state index is 0.0972. The number of sulfonamides is 1. The summed E-state index contributed by atoms with van der Waals surface area (Å²) in [5.41, 5.74) is -0.186. The maximum Gasteiger partial charge on any atom is 0.211 e. The Morgan fingerprint density at radius 2 is 1.87 bits per heavy atom. The number of halogens is 1. The molecule has 0 amide bonds. The number of rotatable bonds is 7. The van der Waals surface area contributed by atoms with Gasteiger partial charge in [-0.2, -0.15) is 0 Å². The predicted molar refractivity (Wildman–Crippen MR) is 64.9 cm³/mol. The molecule has 0 heterocycles. The molecule has 1 N–H and O–H groups in total. The van der Waals surface area contributed by atoms with Crippen LogP contribution in [-0.4, -0.2) is 51.1 Å². The Labute approximate surface area is 98.0 Å². The molecule has 0 aliphatic heterocycles. The summed E-state index contributed by atoms with van der Waals surface area (Å²) in [4.78, 5) is 1.98. The fraction of sp³-hybridized carbons (Fsp3) is 1.00. The van der Waals surface area contributed by atoms with E-state index in [0.29, 0.717) is 18.8 Å². The molecule has 0 unspecified atom stereocenters. The lowest BCUT2D eigenvalue weighted by atomic mass is 10.1. The van der Waals surface area contributed by atoms with Crippen LogP contribution in [0.25, 0.3) is 0 Å². The van der Waals surface area contributed by atoms with E-state index in [1.807, 2.05) is 32.8 Å². The van der Waals surface area contributed by atoms with Crippen LogP contribution in [0, 0.1) is 0 Å². The van der Waals surface area contributed by atoms with Crippen LogP contribution in [-0.2, 0) is 10.0 Å². The van der Waals surface area contributed by atoms with E-state index in [9.17, 15) is 8.42 Å². The van der Waals surface area contributed by atoms with Crippen LogP contribution in [0.5, 0.6) is 0 Å². The number of nitrogens with zero attached hydrogens (tertiary/aromatic N) is 1. The molecule has 0 aromatic carbocycles. The van der Waals surface area contributed by atoms with E-state index in [-0.39, 0.29) is 11.3 Å². The summed E-state index contributed by atoms with van der Waals surface area (Å²) in [5.74, 6) is 0.470. The van der Waals surface area contributed by atoms with E-state index in [1.165, 1.54) is 0 Å². The molecule has 0 bridgehead atoms. The molecule has 0 aromatic rings. The summed E-state index contributed by atoms with van der Waals surface area (Å²) >= 11 is 5.45. The Morgan fingerprint density at radius 1 is 1.33 bits per heavy atom. The van der Waals surface area contributed by atoms with Gasteiger partial charge in [0, 0.05) is 18.0 Å². The zero-order chi connectivity index (χ0) is 12.1. The first-order valence-corrected chi connectivity index (χ1v) is 7.11. The molecular formula is C9H21ClN2O2S. The van der Waals surface area contributed by atoms with E-state index < -0.39 is 10.0 Å². The Hall–Kier alpha value is 0.160. The molecule has 0 atom stereocenters. The van der Waals surface area contributed by atoms with E-state index in [0.717, 1.165) is 0 Å². The molecule has 0 radical (unpaired) electrons. The minimum atomic E-state index is -3.17. The predicted octanol–water partition coefficient (Wildman–Crippen LogP) is 0.875. The van der Waals surface area contributed by atoms with Crippen LogP contribution in [0.3, 0.4) is 0 Å². The van der Waals surface area contributed by atoms with Crippen LogP contribution < -0.4 is 4.72 Å². The summed E-state index contributed by atoms with van der Waals surface area (Å²) < 4.78 is 25.5. The fourth-order valence-corrected chi connectivity index (χ4v) is 2.30.